The van der Waals surface area contributed by atoms with Gasteiger partial charge in [-0.2, -0.15) is 0 Å². The van der Waals surface area contributed by atoms with Gasteiger partial charge in [-0.25, -0.2) is 0 Å². The van der Waals surface area contributed by atoms with Crippen LogP contribution in [0.1, 0.15) is 59.3 Å². The molecule has 4 rings (SSSR count). The van der Waals surface area contributed by atoms with Crippen LogP contribution in [0.5, 0.6) is 0 Å². The summed E-state index contributed by atoms with van der Waals surface area (Å²) < 4.78 is 5.38. The lowest BCUT2D eigenvalue weighted by Gasteiger charge is -2.56. The highest BCUT2D eigenvalue weighted by atomic mass is 16.5. The van der Waals surface area contributed by atoms with E-state index in [0.717, 1.165) is 38.5 Å². The van der Waals surface area contributed by atoms with Crippen molar-refractivity contribution >= 4 is 11.8 Å². The second-order valence-corrected chi connectivity index (χ2v) is 10.4. The average molecular weight is 407 g/mol. The second-order valence-electron chi connectivity index (χ2n) is 10.4. The second kappa shape index (κ2) is 8.18. The Hall–Kier alpha value is -1.14. The summed E-state index contributed by atoms with van der Waals surface area (Å²) in [6.07, 6.45) is 5.51. The molecular weight excluding hydrogens is 368 g/mol. The standard InChI is InChI=1S/C23H38N2O4/c1-14(22(28)25-10-12-29-13-11-25)17-6-8-23(3)9-7-18(15(2)19(23)20(17)26)24-21(27)16-4-5-16/h14-20,26H,4-13H2,1-3H3,(H,24,27)/t14-,15+,17-,18-,19+,20-,23-/m0/s1. The highest BCUT2D eigenvalue weighted by Crippen LogP contribution is 2.55. The molecule has 7 atom stereocenters. The van der Waals surface area contributed by atoms with E-state index in [9.17, 15) is 14.7 Å². The number of hydrogen-bond donors (Lipinski definition) is 2. The zero-order chi connectivity index (χ0) is 20.8. The normalized spacial score (nSPS) is 41.4. The number of carbonyl (C=O) groups is 2. The number of morpholine rings is 1. The first kappa shape index (κ1) is 21.1. The lowest BCUT2D eigenvalue weighted by Crippen LogP contribution is -2.59. The zero-order valence-corrected chi connectivity index (χ0v) is 18.2. The predicted molar refractivity (Wildman–Crippen MR) is 110 cm³/mol. The Kier molecular flexibility index (Phi) is 5.95. The van der Waals surface area contributed by atoms with Crippen molar-refractivity contribution in [3.8, 4) is 0 Å². The molecule has 0 aromatic carbocycles. The van der Waals surface area contributed by atoms with Gasteiger partial charge in [-0.3, -0.25) is 9.59 Å². The number of ether oxygens (including phenoxy) is 1. The third kappa shape index (κ3) is 4.07. The summed E-state index contributed by atoms with van der Waals surface area (Å²) in [7, 11) is 0. The minimum Gasteiger partial charge on any atom is -0.392 e. The SMILES string of the molecule is C[C@H]1[C@@H]2[C@@H](O)[C@H]([C@H](C)C(=O)N3CCOCC3)CC[C@@]2(C)CC[C@@H]1NC(=O)C1CC1. The molecule has 3 saturated carbocycles. The Morgan fingerprint density at radius 3 is 2.45 bits per heavy atom. The van der Waals surface area contributed by atoms with Crippen molar-refractivity contribution in [3.05, 3.63) is 0 Å². The van der Waals surface area contributed by atoms with Gasteiger partial charge in [0.25, 0.3) is 0 Å². The van der Waals surface area contributed by atoms with E-state index in [1.54, 1.807) is 0 Å². The maximum absolute atomic E-state index is 13.1. The van der Waals surface area contributed by atoms with Crippen LogP contribution in [-0.4, -0.2) is 60.3 Å². The Morgan fingerprint density at radius 2 is 1.79 bits per heavy atom. The molecule has 3 aliphatic carbocycles. The highest BCUT2D eigenvalue weighted by Gasteiger charge is 2.54. The van der Waals surface area contributed by atoms with Crippen molar-refractivity contribution in [2.24, 2.45) is 35.0 Å². The highest BCUT2D eigenvalue weighted by molar-refractivity contribution is 5.81. The van der Waals surface area contributed by atoms with Crippen LogP contribution in [0.15, 0.2) is 0 Å². The van der Waals surface area contributed by atoms with Crippen LogP contribution in [0, 0.1) is 35.0 Å². The molecule has 1 aliphatic heterocycles. The van der Waals surface area contributed by atoms with Gasteiger partial charge in [-0.15, -0.1) is 0 Å². The topological polar surface area (TPSA) is 78.9 Å². The fourth-order valence-electron chi connectivity index (χ4n) is 6.40. The predicted octanol–water partition coefficient (Wildman–Crippen LogP) is 2.20. The Balaban J connectivity index is 1.46. The molecule has 4 fully saturated rings. The van der Waals surface area contributed by atoms with Crippen molar-refractivity contribution in [1.29, 1.82) is 0 Å². The smallest absolute Gasteiger partial charge is 0.225 e. The van der Waals surface area contributed by atoms with E-state index < -0.39 is 6.10 Å². The molecule has 0 unspecified atom stereocenters. The summed E-state index contributed by atoms with van der Waals surface area (Å²) >= 11 is 0. The van der Waals surface area contributed by atoms with E-state index >= 15 is 0 Å². The minimum atomic E-state index is -0.496. The first-order valence-corrected chi connectivity index (χ1v) is 11.7. The van der Waals surface area contributed by atoms with Crippen LogP contribution in [0.4, 0.5) is 0 Å². The minimum absolute atomic E-state index is 0.0104. The first-order chi connectivity index (χ1) is 13.8. The maximum atomic E-state index is 13.1. The molecule has 0 bridgehead atoms. The Morgan fingerprint density at radius 1 is 1.14 bits per heavy atom. The van der Waals surface area contributed by atoms with E-state index in [1.165, 1.54) is 0 Å². The monoisotopic (exact) mass is 406 g/mol. The molecule has 0 spiro atoms. The summed E-state index contributed by atoms with van der Waals surface area (Å²) in [5, 5.41) is 14.8. The fraction of sp³-hybridized carbons (Fsp3) is 0.913. The van der Waals surface area contributed by atoms with Gasteiger partial charge in [0.2, 0.25) is 11.8 Å². The third-order valence-electron chi connectivity index (χ3n) is 8.52. The molecule has 1 saturated heterocycles. The number of hydrogen-bond acceptors (Lipinski definition) is 4. The number of nitrogens with one attached hydrogen (secondary N) is 1. The van der Waals surface area contributed by atoms with Crippen LogP contribution in [-0.2, 0) is 14.3 Å². The molecule has 1 heterocycles. The molecule has 29 heavy (non-hydrogen) atoms. The van der Waals surface area contributed by atoms with Gasteiger partial charge in [0.1, 0.15) is 0 Å². The van der Waals surface area contributed by atoms with Crippen LogP contribution in [0.3, 0.4) is 0 Å². The quantitative estimate of drug-likeness (QED) is 0.750. The number of fused-ring (bicyclic) bond motifs is 1. The number of amides is 2. The van der Waals surface area contributed by atoms with Crippen molar-refractivity contribution in [1.82, 2.24) is 10.2 Å². The summed E-state index contributed by atoms with van der Waals surface area (Å²) in [4.78, 5) is 27.3. The zero-order valence-electron chi connectivity index (χ0n) is 18.2. The van der Waals surface area contributed by atoms with Crippen LogP contribution >= 0.6 is 0 Å². The molecular formula is C23H38N2O4. The summed E-state index contributed by atoms with van der Waals surface area (Å²) in [6.45, 7) is 9.00. The van der Waals surface area contributed by atoms with Gasteiger partial charge >= 0.3 is 0 Å². The molecule has 4 aliphatic rings. The average Bonchev–Trinajstić information content (AvgIpc) is 3.55. The lowest BCUT2D eigenvalue weighted by molar-refractivity contribution is -0.154. The largest absolute Gasteiger partial charge is 0.392 e. The summed E-state index contributed by atoms with van der Waals surface area (Å²) in [5.74, 6) is 0.723. The van der Waals surface area contributed by atoms with E-state index in [4.69, 9.17) is 4.74 Å². The lowest BCUT2D eigenvalue weighted by atomic mass is 9.51. The van der Waals surface area contributed by atoms with Gasteiger partial charge < -0.3 is 20.1 Å². The van der Waals surface area contributed by atoms with Crippen LogP contribution < -0.4 is 5.32 Å². The van der Waals surface area contributed by atoms with Gasteiger partial charge in [-0.1, -0.05) is 20.8 Å². The van der Waals surface area contributed by atoms with E-state index in [2.05, 4.69) is 19.2 Å². The molecule has 2 amide bonds. The number of rotatable bonds is 4. The van der Waals surface area contributed by atoms with Gasteiger partial charge in [0.15, 0.2) is 0 Å². The maximum Gasteiger partial charge on any atom is 0.225 e. The van der Waals surface area contributed by atoms with Gasteiger partial charge in [0, 0.05) is 31.0 Å². The van der Waals surface area contributed by atoms with Gasteiger partial charge in [-0.05, 0) is 61.7 Å². The van der Waals surface area contributed by atoms with Crippen molar-refractivity contribution in [2.75, 3.05) is 26.3 Å². The van der Waals surface area contributed by atoms with Gasteiger partial charge in [0.05, 0.1) is 19.3 Å². The summed E-state index contributed by atoms with van der Waals surface area (Å²) in [6, 6.07) is 0.139. The summed E-state index contributed by atoms with van der Waals surface area (Å²) in [5.41, 5.74) is 0.0951. The molecule has 6 nitrogen and oxygen atoms in total. The van der Waals surface area contributed by atoms with Crippen molar-refractivity contribution in [2.45, 2.75) is 71.4 Å². The van der Waals surface area contributed by atoms with Crippen LogP contribution in [0.2, 0.25) is 0 Å². The Bertz CT molecular complexity index is 630. The molecule has 0 radical (unpaired) electrons. The molecule has 6 heteroatoms. The third-order valence-corrected chi connectivity index (χ3v) is 8.52. The number of aliphatic hydroxyl groups is 1. The molecule has 0 aromatic heterocycles. The van der Waals surface area contributed by atoms with E-state index in [0.29, 0.717) is 26.3 Å². The van der Waals surface area contributed by atoms with E-state index in [-0.39, 0.29) is 52.9 Å². The van der Waals surface area contributed by atoms with Crippen molar-refractivity contribution < 1.29 is 19.4 Å². The molecule has 2 N–H and O–H groups in total. The Labute approximate surface area is 174 Å². The van der Waals surface area contributed by atoms with E-state index in [1.807, 2.05) is 11.8 Å². The molecule has 0 aromatic rings. The number of nitrogens with zero attached hydrogens (tertiary/aromatic N) is 1. The van der Waals surface area contributed by atoms with Crippen molar-refractivity contribution in [3.63, 3.8) is 0 Å². The fourth-order valence-corrected chi connectivity index (χ4v) is 6.40. The number of aliphatic hydroxyl groups excluding tert-OH is 1. The first-order valence-electron chi connectivity index (χ1n) is 11.7. The molecule has 164 valence electrons. The number of carbonyl (C=O) groups excluding carboxylic acids is 2. The van der Waals surface area contributed by atoms with Crippen LogP contribution in [0.25, 0.3) is 0 Å².